The number of nitrogens with zero attached hydrogens (tertiary/aromatic N) is 3. The first kappa shape index (κ1) is 21.6. The predicted octanol–water partition coefficient (Wildman–Crippen LogP) is 3.69. The average Bonchev–Trinajstić information content (AvgIpc) is 3.06. The van der Waals surface area contributed by atoms with Crippen LogP contribution >= 0.6 is 0 Å². The molecule has 9 heteroatoms. The van der Waals surface area contributed by atoms with Crippen molar-refractivity contribution in [1.29, 1.82) is 0 Å². The predicted molar refractivity (Wildman–Crippen MR) is 115 cm³/mol. The zero-order chi connectivity index (χ0) is 22.1. The van der Waals surface area contributed by atoms with Crippen LogP contribution in [0.4, 0.5) is 5.82 Å². The summed E-state index contributed by atoms with van der Waals surface area (Å²) in [4.78, 5) is 0.156. The van der Waals surface area contributed by atoms with E-state index in [4.69, 9.17) is 9.47 Å². The van der Waals surface area contributed by atoms with Crippen LogP contribution in [-0.4, -0.2) is 37.6 Å². The minimum atomic E-state index is -3.82. The summed E-state index contributed by atoms with van der Waals surface area (Å²) in [6, 6.07) is 12.1. The summed E-state index contributed by atoms with van der Waals surface area (Å²) in [5.74, 6) is 1.30. The Kier molecular flexibility index (Phi) is 5.76. The lowest BCUT2D eigenvalue weighted by atomic mass is 9.87. The van der Waals surface area contributed by atoms with Crippen molar-refractivity contribution in [2.75, 3.05) is 18.9 Å². The van der Waals surface area contributed by atoms with Gasteiger partial charge in [0.05, 0.1) is 24.8 Å². The van der Waals surface area contributed by atoms with Crippen molar-refractivity contribution in [3.63, 3.8) is 0 Å². The average molecular weight is 431 g/mol. The molecule has 0 aliphatic rings. The number of nitrogens with one attached hydrogen (secondary N) is 1. The van der Waals surface area contributed by atoms with Gasteiger partial charge in [-0.2, -0.15) is 0 Å². The molecule has 0 radical (unpaired) electrons. The van der Waals surface area contributed by atoms with Crippen LogP contribution in [0.15, 0.2) is 47.4 Å². The molecule has 3 rings (SSSR count). The molecule has 160 valence electrons. The lowest BCUT2D eigenvalue weighted by Gasteiger charge is -2.19. The van der Waals surface area contributed by atoms with Crippen LogP contribution in [0.5, 0.6) is 11.5 Å². The Bertz CT molecular complexity index is 1150. The normalized spacial score (nSPS) is 11.9. The van der Waals surface area contributed by atoms with Crippen molar-refractivity contribution in [2.45, 2.75) is 38.0 Å². The number of rotatable bonds is 6. The Labute approximate surface area is 176 Å². The summed E-state index contributed by atoms with van der Waals surface area (Å²) in [6.07, 6.45) is 0. The molecule has 1 aromatic heterocycles. The van der Waals surface area contributed by atoms with Gasteiger partial charge in [0.15, 0.2) is 5.82 Å². The van der Waals surface area contributed by atoms with E-state index >= 15 is 0 Å². The largest absolute Gasteiger partial charge is 0.497 e. The molecule has 0 fully saturated rings. The second-order valence-electron chi connectivity index (χ2n) is 7.85. The first-order chi connectivity index (χ1) is 14.1. The van der Waals surface area contributed by atoms with Crippen LogP contribution in [0.2, 0.25) is 0 Å². The Morgan fingerprint density at radius 2 is 1.67 bits per heavy atom. The number of benzene rings is 2. The van der Waals surface area contributed by atoms with Gasteiger partial charge < -0.3 is 9.47 Å². The lowest BCUT2D eigenvalue weighted by molar-refractivity contribution is 0.400. The third-order valence-electron chi connectivity index (χ3n) is 4.77. The molecule has 30 heavy (non-hydrogen) atoms. The van der Waals surface area contributed by atoms with Gasteiger partial charge in [0.1, 0.15) is 17.2 Å². The first-order valence-corrected chi connectivity index (χ1v) is 10.8. The van der Waals surface area contributed by atoms with Crippen LogP contribution in [0.25, 0.3) is 5.69 Å². The Hall–Kier alpha value is -3.07. The number of methoxy groups -OCH3 is 2. The number of hydrogen-bond acceptors (Lipinski definition) is 6. The highest BCUT2D eigenvalue weighted by atomic mass is 32.2. The number of hydrogen-bond donors (Lipinski definition) is 1. The molecule has 0 amide bonds. The quantitative estimate of drug-likeness (QED) is 0.641. The molecule has 2 aromatic carbocycles. The van der Waals surface area contributed by atoms with Gasteiger partial charge in [-0.15, -0.1) is 5.10 Å². The molecule has 0 aliphatic carbocycles. The molecular formula is C21H26N4O4S. The van der Waals surface area contributed by atoms with Gasteiger partial charge in [0.25, 0.3) is 10.0 Å². The summed E-state index contributed by atoms with van der Waals surface area (Å²) in [5, 5.41) is 8.12. The van der Waals surface area contributed by atoms with Crippen LogP contribution in [0.3, 0.4) is 0 Å². The number of ether oxygens (including phenoxy) is 2. The highest BCUT2D eigenvalue weighted by Gasteiger charge is 2.22. The van der Waals surface area contributed by atoms with Crippen molar-refractivity contribution in [2.24, 2.45) is 0 Å². The van der Waals surface area contributed by atoms with Crippen molar-refractivity contribution >= 4 is 15.8 Å². The highest BCUT2D eigenvalue weighted by molar-refractivity contribution is 7.92. The van der Waals surface area contributed by atoms with E-state index in [9.17, 15) is 8.42 Å². The lowest BCUT2D eigenvalue weighted by Crippen LogP contribution is -2.15. The van der Waals surface area contributed by atoms with Crippen LogP contribution in [0.1, 0.15) is 32.0 Å². The van der Waals surface area contributed by atoms with Crippen molar-refractivity contribution in [3.8, 4) is 17.2 Å². The van der Waals surface area contributed by atoms with Gasteiger partial charge >= 0.3 is 0 Å². The monoisotopic (exact) mass is 430 g/mol. The minimum absolute atomic E-state index is 0.0647. The maximum absolute atomic E-state index is 12.9. The fourth-order valence-electron chi connectivity index (χ4n) is 2.93. The number of anilines is 1. The van der Waals surface area contributed by atoms with E-state index in [1.54, 1.807) is 51.5 Å². The maximum atomic E-state index is 12.9. The molecule has 0 aliphatic heterocycles. The summed E-state index contributed by atoms with van der Waals surface area (Å²) in [6.45, 7) is 7.94. The second-order valence-corrected chi connectivity index (χ2v) is 9.54. The van der Waals surface area contributed by atoms with Crippen LogP contribution in [-0.2, 0) is 15.4 Å². The van der Waals surface area contributed by atoms with Crippen LogP contribution < -0.4 is 14.2 Å². The zero-order valence-electron chi connectivity index (χ0n) is 17.9. The molecule has 0 spiro atoms. The van der Waals surface area contributed by atoms with E-state index in [0.29, 0.717) is 22.9 Å². The van der Waals surface area contributed by atoms with E-state index < -0.39 is 10.0 Å². The molecule has 0 bridgehead atoms. The van der Waals surface area contributed by atoms with Gasteiger partial charge in [-0.3, -0.25) is 4.72 Å². The number of sulfonamides is 1. The topological polar surface area (TPSA) is 95.3 Å². The number of aromatic nitrogens is 3. The molecule has 1 heterocycles. The van der Waals surface area contributed by atoms with Gasteiger partial charge in [-0.1, -0.05) is 38.1 Å². The standard InChI is InChI=1S/C21H26N4O4S/c1-14-20(22-24-25(14)18-13-16(28-5)9-12-19(18)29-6)23-30(26,27)17-10-7-15(8-11-17)21(2,3)4/h7-13,23H,1-6H3. The van der Waals surface area contributed by atoms with E-state index in [1.165, 1.54) is 4.68 Å². The zero-order valence-corrected chi connectivity index (χ0v) is 18.7. The third-order valence-corrected chi connectivity index (χ3v) is 6.13. The van der Waals surface area contributed by atoms with E-state index in [-0.39, 0.29) is 16.1 Å². The molecular weight excluding hydrogens is 404 g/mol. The fraction of sp³-hybridized carbons (Fsp3) is 0.333. The molecule has 8 nitrogen and oxygen atoms in total. The van der Waals surface area contributed by atoms with Gasteiger partial charge in [0.2, 0.25) is 0 Å². The highest BCUT2D eigenvalue weighted by Crippen LogP contribution is 2.30. The molecule has 0 unspecified atom stereocenters. The van der Waals surface area contributed by atoms with Gasteiger partial charge in [-0.05, 0) is 42.2 Å². The summed E-state index contributed by atoms with van der Waals surface area (Å²) in [5.41, 5.74) is 2.08. The van der Waals surface area contributed by atoms with Gasteiger partial charge in [0, 0.05) is 6.07 Å². The second kappa shape index (κ2) is 7.98. The van der Waals surface area contributed by atoms with E-state index in [0.717, 1.165) is 5.56 Å². The Morgan fingerprint density at radius 1 is 1.00 bits per heavy atom. The Morgan fingerprint density at radius 3 is 2.23 bits per heavy atom. The molecule has 0 atom stereocenters. The summed E-state index contributed by atoms with van der Waals surface area (Å²) < 4.78 is 40.4. The van der Waals surface area contributed by atoms with E-state index in [2.05, 4.69) is 35.8 Å². The van der Waals surface area contributed by atoms with Crippen molar-refractivity contribution < 1.29 is 17.9 Å². The smallest absolute Gasteiger partial charge is 0.263 e. The third kappa shape index (κ3) is 4.25. The van der Waals surface area contributed by atoms with E-state index in [1.807, 2.05) is 12.1 Å². The molecule has 0 saturated heterocycles. The van der Waals surface area contributed by atoms with Crippen molar-refractivity contribution in [3.05, 3.63) is 53.7 Å². The molecule has 0 saturated carbocycles. The molecule has 1 N–H and O–H groups in total. The summed E-state index contributed by atoms with van der Waals surface area (Å²) >= 11 is 0. The first-order valence-electron chi connectivity index (χ1n) is 9.35. The molecule has 3 aromatic rings. The maximum Gasteiger partial charge on any atom is 0.263 e. The van der Waals surface area contributed by atoms with Gasteiger partial charge in [-0.25, -0.2) is 13.1 Å². The minimum Gasteiger partial charge on any atom is -0.497 e. The van der Waals surface area contributed by atoms with Crippen LogP contribution in [0, 0.1) is 6.92 Å². The van der Waals surface area contributed by atoms with Crippen molar-refractivity contribution in [1.82, 2.24) is 15.0 Å². The summed E-state index contributed by atoms with van der Waals surface area (Å²) in [7, 11) is -0.713. The SMILES string of the molecule is COc1ccc(OC)c(-n2nnc(NS(=O)(=O)c3ccc(C(C)(C)C)cc3)c2C)c1. The Balaban J connectivity index is 1.93. The fourth-order valence-corrected chi connectivity index (χ4v) is 3.99.